The van der Waals surface area contributed by atoms with Crippen molar-refractivity contribution in [3.63, 3.8) is 0 Å². The molecule has 2 aliphatic rings. The number of nitrogens with zero attached hydrogens (tertiary/aromatic N) is 3. The number of benzene rings is 1. The Morgan fingerprint density at radius 3 is 2.81 bits per heavy atom. The average Bonchev–Trinajstić information content (AvgIpc) is 3.18. The van der Waals surface area contributed by atoms with Gasteiger partial charge in [-0.05, 0) is 17.7 Å². The normalized spacial score (nSPS) is 17.5. The van der Waals surface area contributed by atoms with Gasteiger partial charge < -0.3 is 15.0 Å². The Hall–Kier alpha value is -3.59. The number of rotatable bonds is 6. The summed E-state index contributed by atoms with van der Waals surface area (Å²) in [6.07, 6.45) is 8.06. The molecule has 1 amide bonds. The number of amidine groups is 1. The monoisotopic (exact) mass is 448 g/mol. The van der Waals surface area contributed by atoms with Crippen LogP contribution in [0, 0.1) is 5.41 Å². The molecule has 0 saturated carbocycles. The highest BCUT2D eigenvalue weighted by Gasteiger charge is 2.43. The summed E-state index contributed by atoms with van der Waals surface area (Å²) >= 11 is 1.66. The topological polar surface area (TPSA) is 105 Å². The van der Waals surface area contributed by atoms with Crippen LogP contribution in [0.1, 0.15) is 17.5 Å². The average molecular weight is 449 g/mol. The molecule has 1 saturated heterocycles. The second-order valence-corrected chi connectivity index (χ2v) is 8.97. The van der Waals surface area contributed by atoms with Gasteiger partial charge >= 0.3 is 5.97 Å². The summed E-state index contributed by atoms with van der Waals surface area (Å²) in [7, 11) is 0. The predicted octanol–water partition coefficient (Wildman–Crippen LogP) is 1.95. The van der Waals surface area contributed by atoms with Crippen LogP contribution in [0.25, 0.3) is 10.9 Å². The Kier molecular flexibility index (Phi) is 5.18. The van der Waals surface area contributed by atoms with Crippen molar-refractivity contribution in [2.75, 3.05) is 5.75 Å². The van der Waals surface area contributed by atoms with Crippen molar-refractivity contribution in [2.45, 2.75) is 25.1 Å². The minimum Gasteiger partial charge on any atom is -0.400 e. The molecule has 0 aliphatic carbocycles. The van der Waals surface area contributed by atoms with E-state index in [-0.39, 0.29) is 23.8 Å². The summed E-state index contributed by atoms with van der Waals surface area (Å²) in [4.78, 5) is 26.0. The molecule has 4 heterocycles. The van der Waals surface area contributed by atoms with E-state index in [4.69, 9.17) is 15.9 Å². The molecule has 0 radical (unpaired) electrons. The number of hydrogen-bond acceptors (Lipinski definition) is 5. The van der Waals surface area contributed by atoms with Crippen LogP contribution < -0.4 is 10.3 Å². The van der Waals surface area contributed by atoms with Crippen LogP contribution >= 0.6 is 11.8 Å². The van der Waals surface area contributed by atoms with Crippen LogP contribution in [0.15, 0.2) is 66.8 Å². The fourth-order valence-electron chi connectivity index (χ4n) is 3.91. The number of carbonyl (C=O) groups is 2. The number of hydrogen-bond donors (Lipinski definition) is 2. The van der Waals surface area contributed by atoms with E-state index in [2.05, 4.69) is 4.57 Å². The third-order valence-electron chi connectivity index (χ3n) is 5.68. The molecule has 1 fully saturated rings. The van der Waals surface area contributed by atoms with Crippen molar-refractivity contribution in [1.82, 2.24) is 9.47 Å². The molecule has 2 aromatic heterocycles. The molecule has 0 spiro atoms. The third-order valence-corrected chi connectivity index (χ3v) is 6.80. The van der Waals surface area contributed by atoms with Gasteiger partial charge in [-0.3, -0.25) is 15.1 Å². The SMILES string of the molecule is N=C(N)c1ccc(Cn2ccc3cc[n+](COC(=O)C4=CCSC5CC(=O)N45)cc32)cc1. The van der Waals surface area contributed by atoms with E-state index in [0.717, 1.165) is 16.5 Å². The number of aromatic nitrogens is 2. The quantitative estimate of drug-likeness (QED) is 0.197. The highest BCUT2D eigenvalue weighted by molar-refractivity contribution is 8.00. The van der Waals surface area contributed by atoms with Gasteiger partial charge in [-0.2, -0.15) is 4.57 Å². The van der Waals surface area contributed by atoms with E-state index < -0.39 is 5.97 Å². The van der Waals surface area contributed by atoms with E-state index in [1.807, 2.05) is 59.6 Å². The lowest BCUT2D eigenvalue weighted by Crippen LogP contribution is -2.53. The number of carbonyl (C=O) groups excluding carboxylic acids is 2. The molecule has 5 rings (SSSR count). The molecular weight excluding hydrogens is 426 g/mol. The number of nitrogen functional groups attached to an aromatic ring is 1. The second kappa shape index (κ2) is 8.16. The standard InChI is InChI=1S/C23H22N5O3S/c24-22(25)17-3-1-15(2-4-17)12-27-9-6-16-5-8-26(13-19(16)27)14-31-23(30)18-7-10-32-21-11-20(29)28(18)21/h1-9,13,21H,10-12,14H2,(H3,24,25)/q+1. The van der Waals surface area contributed by atoms with Crippen molar-refractivity contribution in [3.8, 4) is 0 Å². The van der Waals surface area contributed by atoms with Crippen LogP contribution in [0.3, 0.4) is 0 Å². The lowest BCUT2D eigenvalue weighted by Gasteiger charge is -2.42. The van der Waals surface area contributed by atoms with E-state index in [1.54, 1.807) is 17.8 Å². The smallest absolute Gasteiger partial charge is 0.359 e. The van der Waals surface area contributed by atoms with E-state index in [9.17, 15) is 9.59 Å². The van der Waals surface area contributed by atoms with Crippen molar-refractivity contribution < 1.29 is 18.9 Å². The number of nitrogens with one attached hydrogen (secondary N) is 1. The number of nitrogens with two attached hydrogens (primary N) is 1. The molecule has 1 unspecified atom stereocenters. The summed E-state index contributed by atoms with van der Waals surface area (Å²) in [5.41, 5.74) is 8.67. The van der Waals surface area contributed by atoms with Crippen LogP contribution in [-0.4, -0.2) is 38.3 Å². The maximum Gasteiger partial charge on any atom is 0.359 e. The molecule has 2 aliphatic heterocycles. The number of thioether (sulfide) groups is 1. The first-order valence-electron chi connectivity index (χ1n) is 10.2. The second-order valence-electron chi connectivity index (χ2n) is 7.76. The molecule has 3 N–H and O–H groups in total. The summed E-state index contributed by atoms with van der Waals surface area (Å²) in [5, 5.41) is 8.65. The summed E-state index contributed by atoms with van der Waals surface area (Å²) in [5.74, 6) is 0.250. The van der Waals surface area contributed by atoms with Crippen LogP contribution in [0.5, 0.6) is 0 Å². The first-order chi connectivity index (χ1) is 15.5. The molecular formula is C23H22N5O3S+. The lowest BCUT2D eigenvalue weighted by molar-refractivity contribution is -0.726. The van der Waals surface area contributed by atoms with Gasteiger partial charge in [-0.15, -0.1) is 11.8 Å². The van der Waals surface area contributed by atoms with Gasteiger partial charge in [0.2, 0.25) is 5.91 Å². The largest absolute Gasteiger partial charge is 0.400 e. The third kappa shape index (κ3) is 3.75. The number of fused-ring (bicyclic) bond motifs is 2. The van der Waals surface area contributed by atoms with Gasteiger partial charge in [0.05, 0.1) is 11.8 Å². The Bertz CT molecular complexity index is 1260. The van der Waals surface area contributed by atoms with Gasteiger partial charge in [0.1, 0.15) is 17.0 Å². The molecule has 32 heavy (non-hydrogen) atoms. The van der Waals surface area contributed by atoms with Crippen molar-refractivity contribution in [3.05, 3.63) is 77.9 Å². The van der Waals surface area contributed by atoms with Crippen LogP contribution in [-0.2, 0) is 27.6 Å². The summed E-state index contributed by atoms with van der Waals surface area (Å²) in [6, 6.07) is 11.6. The van der Waals surface area contributed by atoms with Gasteiger partial charge in [0.15, 0.2) is 12.4 Å². The zero-order chi connectivity index (χ0) is 22.2. The zero-order valence-electron chi connectivity index (χ0n) is 17.2. The highest BCUT2D eigenvalue weighted by Crippen LogP contribution is 2.37. The lowest BCUT2D eigenvalue weighted by atomic mass is 10.1. The molecule has 9 heteroatoms. The Balaban J connectivity index is 1.29. The Morgan fingerprint density at radius 1 is 1.25 bits per heavy atom. The Labute approximate surface area is 188 Å². The minimum absolute atomic E-state index is 0.0337. The van der Waals surface area contributed by atoms with Crippen molar-refractivity contribution in [2.24, 2.45) is 5.73 Å². The number of β-lactam (4-membered cyclic amide) rings is 1. The molecule has 8 nitrogen and oxygen atoms in total. The van der Waals surface area contributed by atoms with Crippen molar-refractivity contribution in [1.29, 1.82) is 5.41 Å². The summed E-state index contributed by atoms with van der Waals surface area (Å²) in [6.45, 7) is 0.721. The van der Waals surface area contributed by atoms with E-state index in [1.165, 1.54) is 4.90 Å². The van der Waals surface area contributed by atoms with E-state index in [0.29, 0.717) is 30.0 Å². The molecule has 3 aromatic rings. The molecule has 1 atom stereocenters. The minimum atomic E-state index is -0.475. The fraction of sp³-hybridized carbons (Fsp3) is 0.217. The van der Waals surface area contributed by atoms with Gasteiger partial charge in [0, 0.05) is 35.5 Å². The molecule has 0 bridgehead atoms. The van der Waals surface area contributed by atoms with Gasteiger partial charge in [-0.1, -0.05) is 24.3 Å². The number of amides is 1. The van der Waals surface area contributed by atoms with Crippen LogP contribution in [0.4, 0.5) is 0 Å². The maximum atomic E-state index is 12.6. The molecule has 1 aromatic carbocycles. The molecule has 162 valence electrons. The maximum absolute atomic E-state index is 12.6. The number of esters is 1. The first kappa shape index (κ1) is 20.3. The highest BCUT2D eigenvalue weighted by atomic mass is 32.2. The summed E-state index contributed by atoms with van der Waals surface area (Å²) < 4.78 is 9.42. The first-order valence-corrected chi connectivity index (χ1v) is 11.3. The number of ether oxygens (including phenoxy) is 1. The van der Waals surface area contributed by atoms with E-state index >= 15 is 0 Å². The van der Waals surface area contributed by atoms with Crippen molar-refractivity contribution >= 4 is 40.4 Å². The zero-order valence-corrected chi connectivity index (χ0v) is 18.0. The van der Waals surface area contributed by atoms with Crippen LogP contribution in [0.2, 0.25) is 0 Å². The number of pyridine rings is 1. The van der Waals surface area contributed by atoms with Gasteiger partial charge in [-0.25, -0.2) is 4.79 Å². The fourth-order valence-corrected chi connectivity index (χ4v) is 5.02. The predicted molar refractivity (Wildman–Crippen MR) is 121 cm³/mol. The Morgan fingerprint density at radius 2 is 2.06 bits per heavy atom. The van der Waals surface area contributed by atoms with Gasteiger partial charge in [0.25, 0.3) is 6.73 Å².